The molecule has 13 heavy (non-hydrogen) atoms. The van der Waals surface area contributed by atoms with Crippen LogP contribution in [0, 0.1) is 6.92 Å². The van der Waals surface area contributed by atoms with E-state index in [-0.39, 0.29) is 5.91 Å². The van der Waals surface area contributed by atoms with E-state index in [2.05, 4.69) is 6.92 Å². The average molecular weight is 177 g/mol. The summed E-state index contributed by atoms with van der Waals surface area (Å²) in [4.78, 5) is 10.8. The van der Waals surface area contributed by atoms with Crippen LogP contribution >= 0.6 is 0 Å². The Bertz CT molecular complexity index is 318. The van der Waals surface area contributed by atoms with Crippen molar-refractivity contribution in [3.05, 3.63) is 34.9 Å². The predicted octanol–water partition coefficient (Wildman–Crippen LogP) is 2.05. The maximum absolute atomic E-state index is 10.8. The average Bonchev–Trinajstić information content (AvgIpc) is 2.08. The Labute approximate surface area is 78.8 Å². The summed E-state index contributed by atoms with van der Waals surface area (Å²) in [7, 11) is 0. The molecule has 0 fully saturated rings. The van der Waals surface area contributed by atoms with Gasteiger partial charge in [0.2, 0.25) is 5.91 Å². The Kier molecular flexibility index (Phi) is 3.07. The highest BCUT2D eigenvalue weighted by atomic mass is 16.1. The summed E-state index contributed by atoms with van der Waals surface area (Å²) in [5, 5.41) is 0. The van der Waals surface area contributed by atoms with Gasteiger partial charge in [-0.25, -0.2) is 0 Å². The van der Waals surface area contributed by atoms with Gasteiger partial charge < -0.3 is 5.73 Å². The van der Waals surface area contributed by atoms with Gasteiger partial charge in [0.05, 0.1) is 0 Å². The standard InChI is InChI=1S/C11H15NO/c1-3-4-9-5-6-10(11(12)13)7-8(9)2/h5-7H,3-4H2,1-2H3,(H2,12,13). The summed E-state index contributed by atoms with van der Waals surface area (Å²) in [6.07, 6.45) is 2.18. The van der Waals surface area contributed by atoms with Gasteiger partial charge in [-0.3, -0.25) is 4.79 Å². The van der Waals surface area contributed by atoms with Crippen molar-refractivity contribution in [1.82, 2.24) is 0 Å². The van der Waals surface area contributed by atoms with Crippen LogP contribution in [0.15, 0.2) is 18.2 Å². The van der Waals surface area contributed by atoms with Gasteiger partial charge in [0, 0.05) is 5.56 Å². The quantitative estimate of drug-likeness (QED) is 0.754. The minimum atomic E-state index is -0.355. The SMILES string of the molecule is CCCc1ccc(C(N)=O)cc1C. The Morgan fingerprint density at radius 3 is 2.62 bits per heavy atom. The number of nitrogens with two attached hydrogens (primary N) is 1. The van der Waals surface area contributed by atoms with Gasteiger partial charge in [0.15, 0.2) is 0 Å². The summed E-state index contributed by atoms with van der Waals surface area (Å²) in [6, 6.07) is 5.63. The van der Waals surface area contributed by atoms with Crippen LogP contribution in [-0.4, -0.2) is 5.91 Å². The highest BCUT2D eigenvalue weighted by Crippen LogP contribution is 2.12. The monoisotopic (exact) mass is 177 g/mol. The zero-order valence-corrected chi connectivity index (χ0v) is 8.13. The van der Waals surface area contributed by atoms with Crippen LogP contribution in [0.2, 0.25) is 0 Å². The maximum atomic E-state index is 10.8. The fraction of sp³-hybridized carbons (Fsp3) is 0.364. The lowest BCUT2D eigenvalue weighted by Crippen LogP contribution is -2.11. The highest BCUT2D eigenvalue weighted by Gasteiger charge is 2.02. The van der Waals surface area contributed by atoms with Crippen LogP contribution in [0.5, 0.6) is 0 Å². The van der Waals surface area contributed by atoms with Gasteiger partial charge in [0.25, 0.3) is 0 Å². The van der Waals surface area contributed by atoms with Crippen molar-refractivity contribution < 1.29 is 4.79 Å². The molecule has 0 aromatic heterocycles. The van der Waals surface area contributed by atoms with E-state index in [0.717, 1.165) is 18.4 Å². The molecule has 1 rings (SSSR count). The third-order valence-corrected chi connectivity index (χ3v) is 2.15. The number of rotatable bonds is 3. The molecule has 1 aromatic rings. The van der Waals surface area contributed by atoms with E-state index < -0.39 is 0 Å². The van der Waals surface area contributed by atoms with Crippen molar-refractivity contribution in [2.24, 2.45) is 5.73 Å². The predicted molar refractivity (Wildman–Crippen MR) is 53.7 cm³/mol. The molecule has 0 aliphatic heterocycles. The van der Waals surface area contributed by atoms with E-state index in [9.17, 15) is 4.79 Å². The normalized spacial score (nSPS) is 10.0. The fourth-order valence-electron chi connectivity index (χ4n) is 1.40. The molecule has 0 unspecified atom stereocenters. The molecule has 1 aromatic carbocycles. The molecule has 0 aliphatic carbocycles. The molecule has 2 heteroatoms. The van der Waals surface area contributed by atoms with Crippen LogP contribution < -0.4 is 5.73 Å². The first-order valence-corrected chi connectivity index (χ1v) is 4.54. The van der Waals surface area contributed by atoms with Gasteiger partial charge in [-0.15, -0.1) is 0 Å². The summed E-state index contributed by atoms with van der Waals surface area (Å²) in [5.74, 6) is -0.355. The number of aryl methyl sites for hydroxylation is 2. The second-order valence-corrected chi connectivity index (χ2v) is 3.26. The molecule has 1 amide bonds. The molecule has 0 atom stereocenters. The maximum Gasteiger partial charge on any atom is 0.248 e. The van der Waals surface area contributed by atoms with Crippen LogP contribution in [0.4, 0.5) is 0 Å². The zero-order valence-electron chi connectivity index (χ0n) is 8.13. The van der Waals surface area contributed by atoms with E-state index in [0.29, 0.717) is 5.56 Å². The number of carbonyl (C=O) groups excluding carboxylic acids is 1. The highest BCUT2D eigenvalue weighted by molar-refractivity contribution is 5.93. The third kappa shape index (κ3) is 2.31. The Morgan fingerprint density at radius 2 is 2.15 bits per heavy atom. The van der Waals surface area contributed by atoms with Crippen molar-refractivity contribution in [3.63, 3.8) is 0 Å². The molecule has 0 saturated carbocycles. The Hall–Kier alpha value is -1.31. The summed E-state index contributed by atoms with van der Waals surface area (Å²) in [6.45, 7) is 4.15. The molecule has 0 heterocycles. The molecule has 0 saturated heterocycles. The third-order valence-electron chi connectivity index (χ3n) is 2.15. The Balaban J connectivity index is 2.98. The number of hydrogen-bond acceptors (Lipinski definition) is 1. The minimum Gasteiger partial charge on any atom is -0.366 e. The number of carbonyl (C=O) groups is 1. The van der Waals surface area contributed by atoms with E-state index in [1.807, 2.05) is 19.1 Å². The number of hydrogen-bond donors (Lipinski definition) is 1. The summed E-state index contributed by atoms with van der Waals surface area (Å²) >= 11 is 0. The second-order valence-electron chi connectivity index (χ2n) is 3.26. The molecular weight excluding hydrogens is 162 g/mol. The number of benzene rings is 1. The van der Waals surface area contributed by atoms with Crippen LogP contribution in [0.3, 0.4) is 0 Å². The number of amides is 1. The molecule has 2 nitrogen and oxygen atoms in total. The lowest BCUT2D eigenvalue weighted by atomic mass is 10.0. The topological polar surface area (TPSA) is 43.1 Å². The molecule has 2 N–H and O–H groups in total. The molecule has 0 radical (unpaired) electrons. The lowest BCUT2D eigenvalue weighted by molar-refractivity contribution is 0.1000. The van der Waals surface area contributed by atoms with Crippen LogP contribution in [-0.2, 0) is 6.42 Å². The number of primary amides is 1. The first-order valence-electron chi connectivity index (χ1n) is 4.54. The lowest BCUT2D eigenvalue weighted by Gasteiger charge is -2.05. The zero-order chi connectivity index (χ0) is 9.84. The van der Waals surface area contributed by atoms with Crippen molar-refractivity contribution in [2.45, 2.75) is 26.7 Å². The summed E-state index contributed by atoms with van der Waals surface area (Å²) < 4.78 is 0. The van der Waals surface area contributed by atoms with Crippen molar-refractivity contribution in [1.29, 1.82) is 0 Å². The smallest absolute Gasteiger partial charge is 0.248 e. The largest absolute Gasteiger partial charge is 0.366 e. The molecule has 0 bridgehead atoms. The molecule has 0 aliphatic rings. The van der Waals surface area contributed by atoms with Crippen molar-refractivity contribution in [2.75, 3.05) is 0 Å². The van der Waals surface area contributed by atoms with E-state index in [1.54, 1.807) is 6.07 Å². The Morgan fingerprint density at radius 1 is 1.46 bits per heavy atom. The van der Waals surface area contributed by atoms with Crippen LogP contribution in [0.1, 0.15) is 34.8 Å². The van der Waals surface area contributed by atoms with Gasteiger partial charge >= 0.3 is 0 Å². The molecule has 70 valence electrons. The van der Waals surface area contributed by atoms with E-state index in [4.69, 9.17) is 5.73 Å². The van der Waals surface area contributed by atoms with Gasteiger partial charge in [0.1, 0.15) is 0 Å². The summed E-state index contributed by atoms with van der Waals surface area (Å²) in [5.41, 5.74) is 8.21. The first-order chi connectivity index (χ1) is 6.15. The van der Waals surface area contributed by atoms with Crippen molar-refractivity contribution in [3.8, 4) is 0 Å². The van der Waals surface area contributed by atoms with Crippen LogP contribution in [0.25, 0.3) is 0 Å². The fourth-order valence-corrected chi connectivity index (χ4v) is 1.40. The van der Waals surface area contributed by atoms with E-state index in [1.165, 1.54) is 5.56 Å². The minimum absolute atomic E-state index is 0.355. The van der Waals surface area contributed by atoms with E-state index >= 15 is 0 Å². The second kappa shape index (κ2) is 4.08. The van der Waals surface area contributed by atoms with Gasteiger partial charge in [-0.2, -0.15) is 0 Å². The van der Waals surface area contributed by atoms with Gasteiger partial charge in [-0.05, 0) is 36.6 Å². The van der Waals surface area contributed by atoms with Gasteiger partial charge in [-0.1, -0.05) is 19.4 Å². The molecule has 0 spiro atoms. The molecular formula is C11H15NO. The van der Waals surface area contributed by atoms with Crippen molar-refractivity contribution >= 4 is 5.91 Å². The first kappa shape index (κ1) is 9.78.